The number of fused-ring (bicyclic) bond motifs is 1. The van der Waals surface area contributed by atoms with E-state index in [1.54, 1.807) is 12.1 Å². The molecule has 0 N–H and O–H groups in total. The van der Waals surface area contributed by atoms with Gasteiger partial charge < -0.3 is 9.47 Å². The lowest BCUT2D eigenvalue weighted by Crippen LogP contribution is -2.49. The van der Waals surface area contributed by atoms with Crippen LogP contribution in [-0.2, 0) is 9.47 Å². The summed E-state index contributed by atoms with van der Waals surface area (Å²) in [6, 6.07) is 5.01. The molecule has 0 spiro atoms. The van der Waals surface area contributed by atoms with Gasteiger partial charge in [0.05, 0.1) is 17.2 Å². The molecule has 2 aliphatic heterocycles. The minimum absolute atomic E-state index is 0.103. The lowest BCUT2D eigenvalue weighted by atomic mass is 10.0. The summed E-state index contributed by atoms with van der Waals surface area (Å²) in [5.74, 6) is -4.13. The van der Waals surface area contributed by atoms with Crippen LogP contribution in [0.4, 0.5) is 13.2 Å². The van der Waals surface area contributed by atoms with Crippen LogP contribution in [0, 0.1) is 0 Å². The van der Waals surface area contributed by atoms with Gasteiger partial charge in [0.1, 0.15) is 0 Å². The number of ether oxygens (including phenoxy) is 2. The molecule has 5 nitrogen and oxygen atoms in total. The van der Waals surface area contributed by atoms with Gasteiger partial charge >= 0.3 is 6.18 Å². The number of methoxy groups -OCH3 is 1. The number of carbonyl (C=O) groups excluding carboxylic acids is 2. The van der Waals surface area contributed by atoms with E-state index in [9.17, 15) is 22.8 Å². The molecule has 3 rings (SSSR count). The minimum atomic E-state index is -4.75. The Bertz CT molecular complexity index is 708. The summed E-state index contributed by atoms with van der Waals surface area (Å²) in [6.45, 7) is 1.33. The molecule has 0 aliphatic carbocycles. The third-order valence-electron chi connectivity index (χ3n) is 4.12. The first-order chi connectivity index (χ1) is 11.2. The summed E-state index contributed by atoms with van der Waals surface area (Å²) in [5, 5.41) is 0. The van der Waals surface area contributed by atoms with Crippen LogP contribution in [0.15, 0.2) is 36.1 Å². The summed E-state index contributed by atoms with van der Waals surface area (Å²) in [5.41, 5.74) is 0.352. The zero-order chi connectivity index (χ0) is 17.7. The number of hydrogen-bond acceptors (Lipinski definition) is 4. The standard InChI is InChI=1S/C16H14F3NO4/c1-15(23-2)8-9(7-12(24-15)16(17,18)19)20-13(21)10-5-3-4-6-11(10)14(20)22/h3-7,9H,8H2,1-2H3/t9-,15+/m1/s1. The van der Waals surface area contributed by atoms with Gasteiger partial charge in [0.15, 0.2) is 0 Å². The molecule has 128 valence electrons. The Balaban J connectivity index is 2.02. The molecule has 0 saturated heterocycles. The molecular weight excluding hydrogens is 327 g/mol. The number of benzene rings is 1. The van der Waals surface area contributed by atoms with E-state index in [1.165, 1.54) is 26.2 Å². The Morgan fingerprint density at radius 1 is 1.21 bits per heavy atom. The topological polar surface area (TPSA) is 55.8 Å². The van der Waals surface area contributed by atoms with E-state index in [4.69, 9.17) is 9.47 Å². The Kier molecular flexibility index (Phi) is 3.67. The molecule has 24 heavy (non-hydrogen) atoms. The molecule has 0 unspecified atom stereocenters. The summed E-state index contributed by atoms with van der Waals surface area (Å²) in [7, 11) is 1.21. The second-order valence-electron chi connectivity index (χ2n) is 5.77. The zero-order valence-electron chi connectivity index (χ0n) is 12.9. The van der Waals surface area contributed by atoms with E-state index in [1.807, 2.05) is 0 Å². The predicted molar refractivity (Wildman–Crippen MR) is 76.0 cm³/mol. The molecule has 0 fully saturated rings. The van der Waals surface area contributed by atoms with Crippen molar-refractivity contribution < 1.29 is 32.2 Å². The maximum atomic E-state index is 13.1. The second kappa shape index (κ2) is 5.34. The predicted octanol–water partition coefficient (Wildman–Crippen LogP) is 2.88. The Labute approximate surface area is 135 Å². The van der Waals surface area contributed by atoms with Gasteiger partial charge in [0.2, 0.25) is 11.5 Å². The summed E-state index contributed by atoms with van der Waals surface area (Å²) >= 11 is 0. The van der Waals surface area contributed by atoms with Gasteiger partial charge in [-0.1, -0.05) is 12.1 Å². The van der Waals surface area contributed by atoms with Crippen LogP contribution in [0.25, 0.3) is 0 Å². The number of nitrogens with zero attached hydrogens (tertiary/aromatic N) is 1. The number of hydrogen-bond donors (Lipinski definition) is 0. The molecule has 1 aromatic rings. The minimum Gasteiger partial charge on any atom is -0.458 e. The quantitative estimate of drug-likeness (QED) is 0.776. The van der Waals surface area contributed by atoms with Crippen LogP contribution in [-0.4, -0.2) is 41.8 Å². The molecular formula is C16H14F3NO4. The van der Waals surface area contributed by atoms with Gasteiger partial charge in [-0.2, -0.15) is 13.2 Å². The summed E-state index contributed by atoms with van der Waals surface area (Å²) in [4.78, 5) is 25.8. The van der Waals surface area contributed by atoms with Crippen molar-refractivity contribution in [2.45, 2.75) is 31.3 Å². The molecule has 2 aliphatic rings. The van der Waals surface area contributed by atoms with E-state index >= 15 is 0 Å². The highest BCUT2D eigenvalue weighted by atomic mass is 19.4. The summed E-state index contributed by atoms with van der Waals surface area (Å²) in [6.07, 6.45) is -4.10. The maximum absolute atomic E-state index is 13.1. The van der Waals surface area contributed by atoms with Crippen molar-refractivity contribution in [1.82, 2.24) is 4.90 Å². The monoisotopic (exact) mass is 341 g/mol. The smallest absolute Gasteiger partial charge is 0.448 e. The highest BCUT2D eigenvalue weighted by Crippen LogP contribution is 2.39. The first kappa shape index (κ1) is 16.5. The van der Waals surface area contributed by atoms with Crippen molar-refractivity contribution in [3.05, 3.63) is 47.2 Å². The molecule has 0 bridgehead atoms. The lowest BCUT2D eigenvalue weighted by molar-refractivity contribution is -0.243. The maximum Gasteiger partial charge on any atom is 0.448 e. The molecule has 2 amide bonds. The number of alkyl halides is 3. The van der Waals surface area contributed by atoms with Crippen LogP contribution in [0.3, 0.4) is 0 Å². The first-order valence-corrected chi connectivity index (χ1v) is 7.16. The average molecular weight is 341 g/mol. The van der Waals surface area contributed by atoms with Crippen molar-refractivity contribution >= 4 is 11.8 Å². The molecule has 8 heteroatoms. The van der Waals surface area contributed by atoms with E-state index in [0.29, 0.717) is 0 Å². The largest absolute Gasteiger partial charge is 0.458 e. The number of halogens is 3. The molecule has 0 radical (unpaired) electrons. The third kappa shape index (κ3) is 2.56. The number of rotatable bonds is 2. The van der Waals surface area contributed by atoms with Crippen molar-refractivity contribution in [3.63, 3.8) is 0 Å². The van der Waals surface area contributed by atoms with E-state index in [2.05, 4.69) is 0 Å². The van der Waals surface area contributed by atoms with Crippen LogP contribution in [0.5, 0.6) is 0 Å². The molecule has 0 aromatic heterocycles. The Morgan fingerprint density at radius 3 is 2.21 bits per heavy atom. The molecule has 2 atom stereocenters. The molecule has 2 heterocycles. The van der Waals surface area contributed by atoms with Gasteiger partial charge in [0.25, 0.3) is 11.8 Å². The van der Waals surface area contributed by atoms with Crippen molar-refractivity contribution in [1.29, 1.82) is 0 Å². The lowest BCUT2D eigenvalue weighted by Gasteiger charge is -2.39. The zero-order valence-corrected chi connectivity index (χ0v) is 12.9. The fourth-order valence-electron chi connectivity index (χ4n) is 2.87. The van der Waals surface area contributed by atoms with Crippen molar-refractivity contribution in [2.75, 3.05) is 7.11 Å². The summed E-state index contributed by atoms with van der Waals surface area (Å²) < 4.78 is 49.2. The van der Waals surface area contributed by atoms with Crippen LogP contribution >= 0.6 is 0 Å². The SMILES string of the molecule is CO[C@]1(C)C[C@H](N2C(=O)c3ccccc3C2=O)C=C(C(F)(F)F)O1. The fraction of sp³-hybridized carbons (Fsp3) is 0.375. The number of imide groups is 1. The fourth-order valence-corrected chi connectivity index (χ4v) is 2.87. The highest BCUT2D eigenvalue weighted by molar-refractivity contribution is 6.21. The Morgan fingerprint density at radius 2 is 1.75 bits per heavy atom. The second-order valence-corrected chi connectivity index (χ2v) is 5.77. The van der Waals surface area contributed by atoms with Gasteiger partial charge in [-0.3, -0.25) is 14.5 Å². The highest BCUT2D eigenvalue weighted by Gasteiger charge is 2.49. The van der Waals surface area contributed by atoms with Gasteiger partial charge in [0, 0.05) is 20.5 Å². The number of allylic oxidation sites excluding steroid dienone is 1. The van der Waals surface area contributed by atoms with Crippen LogP contribution < -0.4 is 0 Å². The number of carbonyl (C=O) groups is 2. The first-order valence-electron chi connectivity index (χ1n) is 7.16. The number of amides is 2. The van der Waals surface area contributed by atoms with Gasteiger partial charge in [-0.25, -0.2) is 0 Å². The average Bonchev–Trinajstić information content (AvgIpc) is 2.78. The van der Waals surface area contributed by atoms with E-state index in [0.717, 1.165) is 11.0 Å². The normalized spacial score (nSPS) is 27.0. The van der Waals surface area contributed by atoms with Crippen LogP contribution in [0.1, 0.15) is 34.1 Å². The van der Waals surface area contributed by atoms with Gasteiger partial charge in [-0.05, 0) is 18.2 Å². The van der Waals surface area contributed by atoms with E-state index < -0.39 is 35.6 Å². The Hall–Kier alpha value is -2.35. The van der Waals surface area contributed by atoms with E-state index in [-0.39, 0.29) is 17.5 Å². The van der Waals surface area contributed by atoms with Crippen molar-refractivity contribution in [2.24, 2.45) is 0 Å². The van der Waals surface area contributed by atoms with Crippen molar-refractivity contribution in [3.8, 4) is 0 Å². The van der Waals surface area contributed by atoms with Crippen LogP contribution in [0.2, 0.25) is 0 Å². The molecule has 1 aromatic carbocycles. The van der Waals surface area contributed by atoms with Gasteiger partial charge in [-0.15, -0.1) is 0 Å². The molecule has 0 saturated carbocycles. The third-order valence-corrected chi connectivity index (χ3v) is 4.12.